The zero-order valence-electron chi connectivity index (χ0n) is 22.3. The number of nitrogens with one attached hydrogen (secondary N) is 1. The number of anilines is 1. The molecule has 3 N–H and O–H groups in total. The number of phenols is 1. The number of fused-ring (bicyclic) bond motifs is 3. The van der Waals surface area contributed by atoms with Crippen molar-refractivity contribution in [2.75, 3.05) is 33.1 Å². The maximum Gasteiger partial charge on any atom is 0.238 e. The Hall–Kier alpha value is -3.11. The van der Waals surface area contributed by atoms with Crippen LogP contribution in [-0.4, -0.2) is 89.5 Å². The van der Waals surface area contributed by atoms with Crippen molar-refractivity contribution in [2.45, 2.75) is 50.8 Å². The molecular formula is C27H35N3O7. The average molecular weight is 514 g/mol. The number of rotatable bonds is 3. The quantitative estimate of drug-likeness (QED) is 0.488. The van der Waals surface area contributed by atoms with E-state index in [4.69, 9.17) is 0 Å². The van der Waals surface area contributed by atoms with Crippen LogP contribution in [0.2, 0.25) is 0 Å². The van der Waals surface area contributed by atoms with Crippen LogP contribution in [0.25, 0.3) is 0 Å². The van der Waals surface area contributed by atoms with Crippen LogP contribution in [0.5, 0.6) is 5.75 Å². The SMILES string of the molecule is CN(C)c1ccc(O)c2c1C[C@H]1C[C@H]3[C@H](N(C)C)C(=O)C(C(=O)NC(C)(C)C)C(=O)[C@@]3(O)C(=O)C1C2=O. The van der Waals surface area contributed by atoms with Gasteiger partial charge in [0.25, 0.3) is 0 Å². The summed E-state index contributed by atoms with van der Waals surface area (Å²) in [5, 5.41) is 25.0. The average Bonchev–Trinajstić information content (AvgIpc) is 2.74. The number of likely N-dealkylation sites (N-methyl/N-ethyl adjacent to an activating group) is 1. The summed E-state index contributed by atoms with van der Waals surface area (Å²) in [6.07, 6.45) is 0.303. The Morgan fingerprint density at radius 1 is 1.05 bits per heavy atom. The number of carbonyl (C=O) groups is 5. The highest BCUT2D eigenvalue weighted by atomic mass is 16.3. The molecule has 1 aromatic rings. The first-order valence-electron chi connectivity index (χ1n) is 12.4. The molecule has 6 atom stereocenters. The van der Waals surface area contributed by atoms with Gasteiger partial charge in [-0.25, -0.2) is 0 Å². The van der Waals surface area contributed by atoms with Crippen LogP contribution < -0.4 is 10.2 Å². The molecule has 0 aromatic heterocycles. The van der Waals surface area contributed by atoms with Crippen molar-refractivity contribution in [2.24, 2.45) is 23.7 Å². The van der Waals surface area contributed by atoms with Gasteiger partial charge < -0.3 is 20.4 Å². The molecule has 200 valence electrons. The second-order valence-electron chi connectivity index (χ2n) is 12.0. The van der Waals surface area contributed by atoms with Crippen molar-refractivity contribution in [1.29, 1.82) is 0 Å². The molecule has 4 rings (SSSR count). The molecule has 10 nitrogen and oxygen atoms in total. The van der Waals surface area contributed by atoms with Crippen molar-refractivity contribution in [3.63, 3.8) is 0 Å². The minimum atomic E-state index is -2.69. The largest absolute Gasteiger partial charge is 0.507 e. The van der Waals surface area contributed by atoms with E-state index < -0.39 is 69.9 Å². The van der Waals surface area contributed by atoms with Crippen LogP contribution in [0.15, 0.2) is 12.1 Å². The van der Waals surface area contributed by atoms with E-state index in [1.165, 1.54) is 11.0 Å². The van der Waals surface area contributed by atoms with Crippen LogP contribution >= 0.6 is 0 Å². The van der Waals surface area contributed by atoms with E-state index in [0.717, 1.165) is 0 Å². The number of benzene rings is 1. The topological polar surface area (TPSA) is 144 Å². The first kappa shape index (κ1) is 26.9. The number of phenolic OH excluding ortho intramolecular Hbond substituents is 1. The molecule has 37 heavy (non-hydrogen) atoms. The van der Waals surface area contributed by atoms with Crippen molar-refractivity contribution < 1.29 is 34.2 Å². The van der Waals surface area contributed by atoms with Gasteiger partial charge in [-0.1, -0.05) is 0 Å². The summed E-state index contributed by atoms with van der Waals surface area (Å²) >= 11 is 0. The van der Waals surface area contributed by atoms with Crippen molar-refractivity contribution in [1.82, 2.24) is 10.2 Å². The molecule has 2 fully saturated rings. The van der Waals surface area contributed by atoms with E-state index in [1.54, 1.807) is 55.0 Å². The van der Waals surface area contributed by atoms with Gasteiger partial charge in [0.15, 0.2) is 34.7 Å². The number of hydrogen-bond donors (Lipinski definition) is 3. The molecule has 3 aliphatic rings. The number of nitrogens with zero attached hydrogens (tertiary/aromatic N) is 2. The molecule has 3 aliphatic carbocycles. The van der Waals surface area contributed by atoms with E-state index in [-0.39, 0.29) is 24.2 Å². The Morgan fingerprint density at radius 3 is 2.22 bits per heavy atom. The van der Waals surface area contributed by atoms with E-state index in [0.29, 0.717) is 11.3 Å². The zero-order valence-corrected chi connectivity index (χ0v) is 22.3. The Labute approximate surface area is 216 Å². The van der Waals surface area contributed by atoms with E-state index in [9.17, 15) is 34.2 Å². The van der Waals surface area contributed by atoms with Crippen LogP contribution in [0.1, 0.15) is 43.1 Å². The van der Waals surface area contributed by atoms with Gasteiger partial charge in [-0.15, -0.1) is 0 Å². The molecule has 0 spiro atoms. The fourth-order valence-electron chi connectivity index (χ4n) is 6.43. The maximum atomic E-state index is 14.0. The van der Waals surface area contributed by atoms with Crippen molar-refractivity contribution in [3.05, 3.63) is 23.3 Å². The van der Waals surface area contributed by atoms with E-state index >= 15 is 0 Å². The minimum Gasteiger partial charge on any atom is -0.507 e. The Balaban J connectivity index is 1.84. The predicted octanol–water partition coefficient (Wildman–Crippen LogP) is 0.362. The lowest BCUT2D eigenvalue weighted by Gasteiger charge is -2.52. The number of aliphatic hydroxyl groups is 1. The smallest absolute Gasteiger partial charge is 0.238 e. The molecule has 0 heterocycles. The van der Waals surface area contributed by atoms with E-state index in [1.807, 2.05) is 4.90 Å². The number of ketones is 4. The van der Waals surface area contributed by atoms with Gasteiger partial charge in [-0.3, -0.25) is 28.9 Å². The Bertz CT molecular complexity index is 1220. The molecule has 2 unspecified atom stereocenters. The molecule has 0 saturated heterocycles. The second-order valence-corrected chi connectivity index (χ2v) is 12.0. The third-order valence-electron chi connectivity index (χ3n) is 7.88. The molecular weight excluding hydrogens is 478 g/mol. The second kappa shape index (κ2) is 8.73. The van der Waals surface area contributed by atoms with Gasteiger partial charge in [0.2, 0.25) is 5.91 Å². The van der Waals surface area contributed by atoms with Crippen LogP contribution in [0.3, 0.4) is 0 Å². The number of Topliss-reactive ketones (excluding diaryl/α,β-unsaturated/α-hetero) is 4. The van der Waals surface area contributed by atoms with Gasteiger partial charge >= 0.3 is 0 Å². The molecule has 1 aromatic carbocycles. The Kier molecular flexibility index (Phi) is 6.36. The molecule has 0 radical (unpaired) electrons. The highest BCUT2D eigenvalue weighted by Gasteiger charge is 2.69. The Morgan fingerprint density at radius 2 is 1.68 bits per heavy atom. The van der Waals surface area contributed by atoms with Crippen LogP contribution in [-0.2, 0) is 25.6 Å². The third kappa shape index (κ3) is 3.97. The number of aromatic hydroxyl groups is 1. The van der Waals surface area contributed by atoms with E-state index in [2.05, 4.69) is 5.32 Å². The summed E-state index contributed by atoms with van der Waals surface area (Å²) in [4.78, 5) is 71.3. The summed E-state index contributed by atoms with van der Waals surface area (Å²) in [7, 11) is 6.80. The first-order valence-corrected chi connectivity index (χ1v) is 12.4. The maximum absolute atomic E-state index is 14.0. The summed E-state index contributed by atoms with van der Waals surface area (Å²) in [6, 6.07) is 1.99. The lowest BCUT2D eigenvalue weighted by Crippen LogP contribution is -2.74. The zero-order chi connectivity index (χ0) is 27.8. The number of hydrogen-bond acceptors (Lipinski definition) is 9. The molecule has 10 heteroatoms. The fourth-order valence-corrected chi connectivity index (χ4v) is 6.43. The summed E-state index contributed by atoms with van der Waals surface area (Å²) < 4.78 is 0. The molecule has 0 aliphatic heterocycles. The standard InChI is InChI=1S/C27H35N3O7/c1-26(2,3)28-25(36)19-22(33)20(30(6)7)14-11-12-10-13-15(29(4)5)8-9-16(31)18(13)21(32)17(12)23(34)27(14,37)24(19)35/h8-9,12,14,17,19-20,31,37H,10-11H2,1-7H3,(H,28,36)/t12-,14-,17?,19?,20-,27-/m0/s1. The first-order chi connectivity index (χ1) is 17.0. The lowest BCUT2D eigenvalue weighted by atomic mass is 9.52. The van der Waals surface area contributed by atoms with Crippen LogP contribution in [0.4, 0.5) is 5.69 Å². The molecule has 0 bridgehead atoms. The number of carbonyl (C=O) groups excluding carboxylic acids is 5. The minimum absolute atomic E-state index is 0.00775. The predicted molar refractivity (Wildman–Crippen MR) is 134 cm³/mol. The fraction of sp³-hybridized carbons (Fsp3) is 0.593. The highest BCUT2D eigenvalue weighted by molar-refractivity contribution is 6.32. The van der Waals surface area contributed by atoms with Gasteiger partial charge in [-0.05, 0) is 71.3 Å². The molecule has 2 saturated carbocycles. The van der Waals surface area contributed by atoms with Crippen LogP contribution in [0, 0.1) is 23.7 Å². The van der Waals surface area contributed by atoms with Crippen molar-refractivity contribution in [3.8, 4) is 5.75 Å². The normalized spacial score (nSPS) is 31.5. The van der Waals surface area contributed by atoms with Gasteiger partial charge in [-0.2, -0.15) is 0 Å². The summed E-state index contributed by atoms with van der Waals surface area (Å²) in [5.41, 5.74) is -2.14. The third-order valence-corrected chi connectivity index (χ3v) is 7.88. The van der Waals surface area contributed by atoms with Crippen molar-refractivity contribution >= 4 is 34.7 Å². The number of amides is 1. The summed E-state index contributed by atoms with van der Waals surface area (Å²) in [6.45, 7) is 5.06. The summed E-state index contributed by atoms with van der Waals surface area (Å²) in [5.74, 6) is -9.64. The molecule has 1 amide bonds. The lowest BCUT2D eigenvalue weighted by molar-refractivity contribution is -0.181. The van der Waals surface area contributed by atoms with Gasteiger partial charge in [0.1, 0.15) is 5.75 Å². The van der Waals surface area contributed by atoms with Gasteiger partial charge in [0.05, 0.1) is 17.5 Å². The van der Waals surface area contributed by atoms with Gasteiger partial charge in [0, 0.05) is 31.2 Å². The highest BCUT2D eigenvalue weighted by Crippen LogP contribution is 2.51. The monoisotopic (exact) mass is 513 g/mol.